The lowest BCUT2D eigenvalue weighted by molar-refractivity contribution is 0.832. The van der Waals surface area contributed by atoms with Crippen LogP contribution in [0.4, 0.5) is 0 Å². The van der Waals surface area contributed by atoms with Gasteiger partial charge < -0.3 is 0 Å². The summed E-state index contributed by atoms with van der Waals surface area (Å²) < 4.78 is 0. The van der Waals surface area contributed by atoms with Gasteiger partial charge in [-0.25, -0.2) is 0 Å². The predicted octanol–water partition coefficient (Wildman–Crippen LogP) is 6.85. The molecule has 0 nitrogen and oxygen atoms in total. The summed E-state index contributed by atoms with van der Waals surface area (Å²) in [4.78, 5) is 0. The Labute approximate surface area is 129 Å². The average molecular weight is 309 g/mol. The van der Waals surface area contributed by atoms with Gasteiger partial charge >= 0.3 is 0 Å². The third kappa shape index (κ3) is 4.33. The van der Waals surface area contributed by atoms with E-state index in [1.807, 2.05) is 0 Å². The summed E-state index contributed by atoms with van der Waals surface area (Å²) in [7, 11) is -1.94. The van der Waals surface area contributed by atoms with E-state index in [1.54, 1.807) is 0 Å². The second-order valence-corrected chi connectivity index (χ2v) is 19.2. The van der Waals surface area contributed by atoms with E-state index in [2.05, 4.69) is 38.3 Å². The zero-order valence-corrected chi connectivity index (χ0v) is 16.4. The van der Waals surface area contributed by atoms with E-state index < -0.39 is 16.1 Å². The summed E-state index contributed by atoms with van der Waals surface area (Å²) in [5, 5.41) is 0. The molecule has 20 heavy (non-hydrogen) atoms. The smallest absolute Gasteiger partial charge is 0.0542 e. The van der Waals surface area contributed by atoms with Crippen LogP contribution in [0.5, 0.6) is 0 Å². The maximum atomic E-state index is 2.63. The van der Waals surface area contributed by atoms with Crippen molar-refractivity contribution in [2.45, 2.75) is 101 Å². The maximum Gasteiger partial charge on any atom is 0.0542 e. The van der Waals surface area contributed by atoms with Crippen molar-refractivity contribution in [3.05, 3.63) is 12.2 Å². The van der Waals surface area contributed by atoms with E-state index in [-0.39, 0.29) is 0 Å². The first-order valence-corrected chi connectivity index (χ1v) is 15.6. The monoisotopic (exact) mass is 308 g/mol. The third-order valence-corrected chi connectivity index (χ3v) is 14.5. The van der Waals surface area contributed by atoms with Crippen molar-refractivity contribution in [2.75, 3.05) is 0 Å². The standard InChI is InChI=1S/C18H36Si2/c1-19(2,17-11-5-6-12-17)15-9-10-16-20(3,4)18-13-7-8-14-18/h9-10,17-18H,5-8,11-16H2,1-4H3. The number of rotatable bonds is 6. The molecule has 0 aromatic heterocycles. The summed E-state index contributed by atoms with van der Waals surface area (Å²) in [5.74, 6) is 0. The van der Waals surface area contributed by atoms with E-state index in [1.165, 1.54) is 63.5 Å². The predicted molar refractivity (Wildman–Crippen MR) is 98.2 cm³/mol. The van der Waals surface area contributed by atoms with Crippen LogP contribution in [0.1, 0.15) is 51.4 Å². The molecule has 116 valence electrons. The minimum Gasteiger partial charge on any atom is -0.0915 e. The van der Waals surface area contributed by atoms with Gasteiger partial charge in [-0.2, -0.15) is 0 Å². The van der Waals surface area contributed by atoms with E-state index in [9.17, 15) is 0 Å². The van der Waals surface area contributed by atoms with E-state index in [0.29, 0.717) is 0 Å². The quantitative estimate of drug-likeness (QED) is 0.372. The molecule has 2 heteroatoms. The van der Waals surface area contributed by atoms with Crippen LogP contribution < -0.4 is 0 Å². The fraction of sp³-hybridized carbons (Fsp3) is 0.889. The highest BCUT2D eigenvalue weighted by atomic mass is 28.3. The van der Waals surface area contributed by atoms with E-state index in [0.717, 1.165) is 11.1 Å². The summed E-state index contributed by atoms with van der Waals surface area (Å²) in [6, 6.07) is 2.87. The first kappa shape index (κ1) is 16.5. The van der Waals surface area contributed by atoms with Crippen LogP contribution in [0.3, 0.4) is 0 Å². The van der Waals surface area contributed by atoms with Crippen LogP contribution in [0.25, 0.3) is 0 Å². The molecule has 0 unspecified atom stereocenters. The normalized spacial score (nSPS) is 23.2. The van der Waals surface area contributed by atoms with Crippen molar-refractivity contribution in [3.8, 4) is 0 Å². The Morgan fingerprint density at radius 3 is 1.25 bits per heavy atom. The van der Waals surface area contributed by atoms with Crippen molar-refractivity contribution < 1.29 is 0 Å². The molecule has 2 saturated carbocycles. The van der Waals surface area contributed by atoms with Gasteiger partial charge in [0.15, 0.2) is 0 Å². The molecule has 2 aliphatic carbocycles. The molecule has 0 heterocycles. The van der Waals surface area contributed by atoms with E-state index in [4.69, 9.17) is 0 Å². The Balaban J connectivity index is 1.77. The molecule has 0 bridgehead atoms. The van der Waals surface area contributed by atoms with Crippen LogP contribution in [-0.2, 0) is 0 Å². The van der Waals surface area contributed by atoms with Gasteiger partial charge in [-0.15, -0.1) is 0 Å². The van der Waals surface area contributed by atoms with Crippen LogP contribution in [-0.4, -0.2) is 16.1 Å². The lowest BCUT2D eigenvalue weighted by atomic mass is 10.4. The van der Waals surface area contributed by atoms with Crippen molar-refractivity contribution in [1.29, 1.82) is 0 Å². The van der Waals surface area contributed by atoms with Gasteiger partial charge in [-0.3, -0.25) is 0 Å². The summed E-state index contributed by atoms with van der Waals surface area (Å²) >= 11 is 0. The molecule has 0 amide bonds. The SMILES string of the molecule is C[Si](C)(CC=CC[Si](C)(C)C1CCCC1)C1CCCC1. The van der Waals surface area contributed by atoms with Gasteiger partial charge in [0.2, 0.25) is 0 Å². The summed E-state index contributed by atoms with van der Waals surface area (Å²) in [6.45, 7) is 10.5. The van der Waals surface area contributed by atoms with Crippen LogP contribution in [0, 0.1) is 0 Å². The van der Waals surface area contributed by atoms with Gasteiger partial charge in [0, 0.05) is 0 Å². The van der Waals surface area contributed by atoms with Crippen molar-refractivity contribution >= 4 is 16.1 Å². The fourth-order valence-electron chi connectivity index (χ4n) is 4.52. The number of hydrogen-bond donors (Lipinski definition) is 0. The van der Waals surface area contributed by atoms with Gasteiger partial charge in [-0.05, 0) is 23.2 Å². The molecular weight excluding hydrogens is 272 g/mol. The van der Waals surface area contributed by atoms with Gasteiger partial charge in [0.25, 0.3) is 0 Å². The van der Waals surface area contributed by atoms with Crippen molar-refractivity contribution in [1.82, 2.24) is 0 Å². The second-order valence-electron chi connectivity index (χ2n) is 8.82. The highest BCUT2D eigenvalue weighted by Crippen LogP contribution is 2.42. The Kier molecular flexibility index (Phi) is 5.75. The molecule has 0 atom stereocenters. The number of hydrogen-bond acceptors (Lipinski definition) is 0. The summed E-state index contributed by atoms with van der Waals surface area (Å²) in [5.41, 5.74) is 2.24. The average Bonchev–Trinajstić information content (AvgIpc) is 3.05. The zero-order chi connectivity index (χ0) is 14.6. The minimum atomic E-state index is -0.969. The Morgan fingerprint density at radius 1 is 0.650 bits per heavy atom. The molecule has 0 saturated heterocycles. The molecule has 2 aliphatic rings. The fourth-order valence-corrected chi connectivity index (χ4v) is 10.7. The summed E-state index contributed by atoms with van der Waals surface area (Å²) in [6.07, 6.45) is 17.4. The Hall–Kier alpha value is 0.174. The Morgan fingerprint density at radius 2 is 0.950 bits per heavy atom. The molecule has 0 aromatic rings. The molecular formula is C18H36Si2. The molecule has 2 rings (SSSR count). The van der Waals surface area contributed by atoms with Crippen molar-refractivity contribution in [3.63, 3.8) is 0 Å². The molecule has 0 aromatic carbocycles. The lowest BCUT2D eigenvalue weighted by Gasteiger charge is -2.29. The second kappa shape index (κ2) is 6.96. The van der Waals surface area contributed by atoms with Crippen molar-refractivity contribution in [2.24, 2.45) is 0 Å². The van der Waals surface area contributed by atoms with Gasteiger partial charge in [0.05, 0.1) is 16.1 Å². The largest absolute Gasteiger partial charge is 0.0915 e. The first-order chi connectivity index (χ1) is 9.42. The maximum absolute atomic E-state index is 2.63. The molecule has 0 aliphatic heterocycles. The van der Waals surface area contributed by atoms with Crippen LogP contribution in [0.15, 0.2) is 12.2 Å². The van der Waals surface area contributed by atoms with Crippen LogP contribution in [0.2, 0.25) is 49.4 Å². The molecule has 0 spiro atoms. The lowest BCUT2D eigenvalue weighted by Crippen LogP contribution is -2.31. The van der Waals surface area contributed by atoms with Gasteiger partial charge in [-0.1, -0.05) is 89.7 Å². The topological polar surface area (TPSA) is 0 Å². The van der Waals surface area contributed by atoms with E-state index >= 15 is 0 Å². The molecule has 0 radical (unpaired) electrons. The zero-order valence-electron chi connectivity index (χ0n) is 14.4. The highest BCUT2D eigenvalue weighted by Gasteiger charge is 2.34. The van der Waals surface area contributed by atoms with Crippen LogP contribution >= 0.6 is 0 Å². The minimum absolute atomic E-state index is 0.969. The van der Waals surface area contributed by atoms with Gasteiger partial charge in [0.1, 0.15) is 0 Å². The number of allylic oxidation sites excluding steroid dienone is 2. The molecule has 2 fully saturated rings. The third-order valence-electron chi connectivity index (χ3n) is 6.38. The molecule has 0 N–H and O–H groups in total. The highest BCUT2D eigenvalue weighted by molar-refractivity contribution is 6.80. The first-order valence-electron chi connectivity index (χ1n) is 9.07. The Bertz CT molecular complexity index is 286.